The minimum atomic E-state index is 0.0663. The van der Waals surface area contributed by atoms with Crippen molar-refractivity contribution >= 4 is 45.0 Å². The molecule has 2 aromatic rings. The third-order valence-electron chi connectivity index (χ3n) is 3.75. The molecule has 1 aromatic heterocycles. The van der Waals surface area contributed by atoms with Gasteiger partial charge in [0, 0.05) is 47.2 Å². The molecule has 3 rings (SSSR count). The van der Waals surface area contributed by atoms with Crippen molar-refractivity contribution in [1.29, 1.82) is 0 Å². The number of halogens is 1. The summed E-state index contributed by atoms with van der Waals surface area (Å²) >= 11 is 7.99. The summed E-state index contributed by atoms with van der Waals surface area (Å²) in [5, 5.41) is 1.79. The molecule has 0 unspecified atom stereocenters. The van der Waals surface area contributed by atoms with Crippen LogP contribution in [0.3, 0.4) is 0 Å². The van der Waals surface area contributed by atoms with E-state index in [2.05, 4.69) is 11.9 Å². The minimum absolute atomic E-state index is 0.0663. The smallest absolute Gasteiger partial charge is 0.246 e. The Balaban J connectivity index is 1.75. The monoisotopic (exact) mass is 320 g/mol. The lowest BCUT2D eigenvalue weighted by molar-refractivity contribution is -0.127. The zero-order valence-electron chi connectivity index (χ0n) is 11.9. The van der Waals surface area contributed by atoms with Crippen LogP contribution in [0.1, 0.15) is 4.88 Å². The maximum Gasteiger partial charge on any atom is 0.246 e. The number of rotatable bonds is 2. The van der Waals surface area contributed by atoms with E-state index in [1.54, 1.807) is 17.4 Å². The highest BCUT2D eigenvalue weighted by atomic mass is 35.5. The second kappa shape index (κ2) is 6.18. The van der Waals surface area contributed by atoms with Crippen molar-refractivity contribution in [2.75, 3.05) is 33.2 Å². The zero-order valence-corrected chi connectivity index (χ0v) is 13.5. The number of nitrogens with zero attached hydrogens (tertiary/aromatic N) is 2. The summed E-state index contributed by atoms with van der Waals surface area (Å²) in [6.07, 6.45) is 3.48. The van der Waals surface area contributed by atoms with Crippen LogP contribution in [-0.2, 0) is 4.79 Å². The molecule has 0 atom stereocenters. The number of carbonyl (C=O) groups is 1. The summed E-state index contributed by atoms with van der Waals surface area (Å²) < 4.78 is 1.15. The van der Waals surface area contributed by atoms with E-state index in [1.807, 2.05) is 35.2 Å². The number of benzene rings is 1. The van der Waals surface area contributed by atoms with Gasteiger partial charge >= 0.3 is 0 Å². The lowest BCUT2D eigenvalue weighted by Gasteiger charge is -2.31. The van der Waals surface area contributed by atoms with Gasteiger partial charge in [-0.25, -0.2) is 0 Å². The van der Waals surface area contributed by atoms with Crippen LogP contribution in [0.5, 0.6) is 0 Å². The third-order valence-corrected chi connectivity index (χ3v) is 5.41. The van der Waals surface area contributed by atoms with Gasteiger partial charge < -0.3 is 9.80 Å². The first-order chi connectivity index (χ1) is 10.1. The fraction of sp³-hybridized carbons (Fsp3) is 0.312. The normalized spacial score (nSPS) is 17.0. The Labute approximate surface area is 133 Å². The average molecular weight is 321 g/mol. The van der Waals surface area contributed by atoms with Crippen LogP contribution in [0.4, 0.5) is 0 Å². The Kier molecular flexibility index (Phi) is 4.29. The molecule has 0 saturated carbocycles. The van der Waals surface area contributed by atoms with Crippen LogP contribution in [0, 0.1) is 0 Å². The Morgan fingerprint density at radius 2 is 1.95 bits per heavy atom. The van der Waals surface area contributed by atoms with Gasteiger partial charge in [-0.1, -0.05) is 29.8 Å². The van der Waals surface area contributed by atoms with E-state index < -0.39 is 0 Å². The number of piperazine rings is 1. The topological polar surface area (TPSA) is 23.6 Å². The van der Waals surface area contributed by atoms with Gasteiger partial charge in [-0.3, -0.25) is 4.79 Å². The number of thiophene rings is 1. The molecule has 0 radical (unpaired) electrons. The quantitative estimate of drug-likeness (QED) is 0.792. The lowest BCUT2D eigenvalue weighted by Crippen LogP contribution is -2.46. The van der Waals surface area contributed by atoms with Gasteiger partial charge in [0.05, 0.1) is 5.02 Å². The van der Waals surface area contributed by atoms with Crippen LogP contribution < -0.4 is 0 Å². The minimum Gasteiger partial charge on any atom is -0.337 e. The van der Waals surface area contributed by atoms with E-state index in [4.69, 9.17) is 11.6 Å². The lowest BCUT2D eigenvalue weighted by atomic mass is 10.2. The van der Waals surface area contributed by atoms with E-state index in [9.17, 15) is 4.79 Å². The number of likely N-dealkylation sites (N-methyl/N-ethyl adjacent to an activating group) is 1. The van der Waals surface area contributed by atoms with E-state index in [-0.39, 0.29) is 5.91 Å². The second-order valence-electron chi connectivity index (χ2n) is 5.24. The molecular weight excluding hydrogens is 304 g/mol. The third kappa shape index (κ3) is 3.12. The van der Waals surface area contributed by atoms with E-state index >= 15 is 0 Å². The summed E-state index contributed by atoms with van der Waals surface area (Å²) in [5.41, 5.74) is 0. The molecule has 1 aromatic carbocycles. The Morgan fingerprint density at radius 1 is 1.24 bits per heavy atom. The SMILES string of the molecule is CN1CCN(C(=O)/C=C/c2sc3ccccc3c2Cl)CC1. The average Bonchev–Trinajstić information content (AvgIpc) is 2.82. The first-order valence-electron chi connectivity index (χ1n) is 6.98. The van der Waals surface area contributed by atoms with Gasteiger partial charge in [-0.2, -0.15) is 0 Å². The second-order valence-corrected chi connectivity index (χ2v) is 6.70. The van der Waals surface area contributed by atoms with E-state index in [1.165, 1.54) is 0 Å². The molecule has 1 aliphatic rings. The number of amides is 1. The molecule has 1 amide bonds. The summed E-state index contributed by atoms with van der Waals surface area (Å²) in [6.45, 7) is 3.45. The predicted octanol–water partition coefficient (Wildman–Crippen LogP) is 3.34. The van der Waals surface area contributed by atoms with E-state index in [0.717, 1.165) is 46.2 Å². The fourth-order valence-electron chi connectivity index (χ4n) is 2.42. The molecule has 0 bridgehead atoms. The van der Waals surface area contributed by atoms with Crippen molar-refractivity contribution in [1.82, 2.24) is 9.80 Å². The molecule has 2 heterocycles. The van der Waals surface area contributed by atoms with Gasteiger partial charge in [0.1, 0.15) is 0 Å². The van der Waals surface area contributed by atoms with Crippen molar-refractivity contribution < 1.29 is 4.79 Å². The molecule has 1 fully saturated rings. The highest BCUT2D eigenvalue weighted by molar-refractivity contribution is 7.20. The van der Waals surface area contributed by atoms with Crippen molar-refractivity contribution in [3.63, 3.8) is 0 Å². The molecule has 0 spiro atoms. The molecular formula is C16H17ClN2OS. The van der Waals surface area contributed by atoms with Gasteiger partial charge in [-0.05, 0) is 19.2 Å². The van der Waals surface area contributed by atoms with Crippen LogP contribution in [-0.4, -0.2) is 48.9 Å². The number of fused-ring (bicyclic) bond motifs is 1. The zero-order chi connectivity index (χ0) is 14.8. The first kappa shape index (κ1) is 14.6. The maximum absolute atomic E-state index is 12.2. The first-order valence-corrected chi connectivity index (χ1v) is 8.17. The van der Waals surface area contributed by atoms with Gasteiger partial charge in [0.25, 0.3) is 0 Å². The summed E-state index contributed by atoms with van der Waals surface area (Å²) in [4.78, 5) is 17.3. The Morgan fingerprint density at radius 3 is 2.67 bits per heavy atom. The van der Waals surface area contributed by atoms with Gasteiger partial charge in [0.2, 0.25) is 5.91 Å². The van der Waals surface area contributed by atoms with E-state index in [0.29, 0.717) is 0 Å². The van der Waals surface area contributed by atoms with Crippen LogP contribution in [0.2, 0.25) is 5.02 Å². The van der Waals surface area contributed by atoms with Crippen molar-refractivity contribution in [3.05, 3.63) is 40.2 Å². The van der Waals surface area contributed by atoms with Gasteiger partial charge in [-0.15, -0.1) is 11.3 Å². The largest absolute Gasteiger partial charge is 0.337 e. The standard InChI is InChI=1S/C16H17ClN2OS/c1-18-8-10-19(11-9-18)15(20)7-6-14-16(17)12-4-2-3-5-13(12)21-14/h2-7H,8-11H2,1H3/b7-6+. The summed E-state index contributed by atoms with van der Waals surface area (Å²) in [5.74, 6) is 0.0663. The molecule has 1 aliphatic heterocycles. The Bertz CT molecular complexity index is 687. The fourth-order valence-corrected chi connectivity index (χ4v) is 3.82. The highest BCUT2D eigenvalue weighted by Gasteiger charge is 2.17. The predicted molar refractivity (Wildman–Crippen MR) is 89.9 cm³/mol. The Hall–Kier alpha value is -1.36. The van der Waals surface area contributed by atoms with Crippen molar-refractivity contribution in [2.45, 2.75) is 0 Å². The number of carbonyl (C=O) groups excluding carboxylic acids is 1. The van der Waals surface area contributed by atoms with Gasteiger partial charge in [0.15, 0.2) is 0 Å². The van der Waals surface area contributed by atoms with Crippen molar-refractivity contribution in [2.24, 2.45) is 0 Å². The van der Waals surface area contributed by atoms with Crippen molar-refractivity contribution in [3.8, 4) is 0 Å². The molecule has 110 valence electrons. The molecule has 0 N–H and O–H groups in total. The number of hydrogen-bond donors (Lipinski definition) is 0. The highest BCUT2D eigenvalue weighted by Crippen LogP contribution is 2.35. The molecule has 3 nitrogen and oxygen atoms in total. The maximum atomic E-state index is 12.2. The number of hydrogen-bond acceptors (Lipinski definition) is 3. The summed E-state index contributed by atoms with van der Waals surface area (Å²) in [7, 11) is 2.08. The molecule has 5 heteroatoms. The summed E-state index contributed by atoms with van der Waals surface area (Å²) in [6, 6.07) is 8.03. The molecule has 1 saturated heterocycles. The molecule has 0 aliphatic carbocycles. The molecule has 21 heavy (non-hydrogen) atoms. The van der Waals surface area contributed by atoms with Crippen LogP contribution in [0.25, 0.3) is 16.2 Å². The van der Waals surface area contributed by atoms with Crippen LogP contribution >= 0.6 is 22.9 Å². The van der Waals surface area contributed by atoms with Crippen LogP contribution in [0.15, 0.2) is 30.3 Å².